The number of carboxylic acid groups (broad SMARTS) is 1. The van der Waals surface area contributed by atoms with Gasteiger partial charge in [0.2, 0.25) is 0 Å². The first-order chi connectivity index (χ1) is 20.7. The summed E-state index contributed by atoms with van der Waals surface area (Å²) in [5.41, 5.74) is 8.85. The molecule has 4 N–H and O–H groups in total. The molecule has 12 heteroatoms. The molecule has 2 aliphatic carbocycles. The molecule has 0 unspecified atom stereocenters. The number of nitrogens with zero attached hydrogens (tertiary/aromatic N) is 2. The number of aromatic carboxylic acids is 1. The quantitative estimate of drug-likeness (QED) is 0.177. The first-order valence-corrected chi connectivity index (χ1v) is 14.4. The molecule has 0 bridgehead atoms. The summed E-state index contributed by atoms with van der Waals surface area (Å²) in [7, 11) is 4.68. The molecule has 2 saturated carbocycles. The van der Waals surface area contributed by atoms with Gasteiger partial charge in [0.25, 0.3) is 0 Å². The Morgan fingerprint density at radius 2 is 1.20 bits per heavy atom. The van der Waals surface area contributed by atoms with Gasteiger partial charge in [-0.15, -0.1) is 0 Å². The van der Waals surface area contributed by atoms with Gasteiger partial charge in [0, 0.05) is 48.6 Å². The second-order valence-corrected chi connectivity index (χ2v) is 11.2. The maximum atomic E-state index is 11.8. The number of imidazole rings is 2. The van der Waals surface area contributed by atoms with Crippen LogP contribution in [0.1, 0.15) is 92.4 Å². The fraction of sp³-hybridized carbons (Fsp3) is 0.394. The van der Waals surface area contributed by atoms with Crippen LogP contribution in [0, 0.1) is 13.8 Å². The molecule has 11 nitrogen and oxygen atoms in total. The standard InChI is InChI=1S/C17H20N2O3.C16H18N2O3.Na.H2O/c1-10-4-5-12(17(20)22-3)8-13(10)16-15(11-6-7-11)18-14(19-16)9-21-2;1-9-3-4-11(16(19)20)7-12(9)15-14(10-5-6-10)17-13(18-15)8-21-2;;/h4-5,8,11H,6-7,9H2,1-3H3,(H,18,19);3-4,7,10H,5-6,8H2,1-2H3,(H,17,18)(H,19,20);;1H2/q;;+1;/p-1. The van der Waals surface area contributed by atoms with Crippen molar-refractivity contribution in [1.82, 2.24) is 19.9 Å². The number of aromatic amines is 2. The Balaban J connectivity index is 0.000000235. The smallest absolute Gasteiger partial charge is 0.870 e. The van der Waals surface area contributed by atoms with Gasteiger partial charge in [0.05, 0.1) is 29.6 Å². The number of carbonyl (C=O) groups is 2. The van der Waals surface area contributed by atoms with E-state index in [4.69, 9.17) is 14.2 Å². The largest absolute Gasteiger partial charge is 1.00 e. The first kappa shape index (κ1) is 36.2. The number of methoxy groups -OCH3 is 3. The zero-order chi connectivity index (χ0) is 30.7. The maximum absolute atomic E-state index is 11.8. The minimum absolute atomic E-state index is 0. The van der Waals surface area contributed by atoms with Crippen LogP contribution in [0.2, 0.25) is 0 Å². The average Bonchev–Trinajstić information content (AvgIpc) is 3.94. The van der Waals surface area contributed by atoms with Crippen molar-refractivity contribution in [3.8, 4) is 22.5 Å². The van der Waals surface area contributed by atoms with E-state index < -0.39 is 5.97 Å². The summed E-state index contributed by atoms with van der Waals surface area (Å²) in [6.45, 7) is 4.88. The van der Waals surface area contributed by atoms with Gasteiger partial charge >= 0.3 is 41.5 Å². The van der Waals surface area contributed by atoms with Crippen LogP contribution in [0.15, 0.2) is 36.4 Å². The first-order valence-electron chi connectivity index (χ1n) is 14.4. The molecule has 2 fully saturated rings. The summed E-state index contributed by atoms with van der Waals surface area (Å²) >= 11 is 0. The van der Waals surface area contributed by atoms with Crippen molar-refractivity contribution in [1.29, 1.82) is 0 Å². The predicted molar refractivity (Wildman–Crippen MR) is 163 cm³/mol. The normalized spacial score (nSPS) is 13.6. The Labute approximate surface area is 284 Å². The van der Waals surface area contributed by atoms with E-state index >= 15 is 0 Å². The topological polar surface area (TPSA) is 169 Å². The molecule has 0 atom stereocenters. The summed E-state index contributed by atoms with van der Waals surface area (Å²) in [4.78, 5) is 39.0. The average molecular weight is 627 g/mol. The zero-order valence-corrected chi connectivity index (χ0v) is 28.7. The molecule has 6 rings (SSSR count). The number of nitrogens with one attached hydrogen (secondary N) is 2. The molecule has 2 aliphatic rings. The number of aromatic nitrogens is 4. The van der Waals surface area contributed by atoms with Crippen LogP contribution in [0.3, 0.4) is 0 Å². The SMILES string of the molecule is COCc1nc(-c2cc(C(=O)O)ccc2C)c(C2CC2)[nH]1.COCc1nc(-c2cc(C(=O)OC)ccc2C)c(C2CC2)[nH]1.[Na+].[OH-]. The van der Waals surface area contributed by atoms with Crippen LogP contribution in [0.25, 0.3) is 22.5 Å². The Bertz CT molecular complexity index is 1640. The van der Waals surface area contributed by atoms with E-state index in [9.17, 15) is 14.7 Å². The van der Waals surface area contributed by atoms with Crippen molar-refractivity contribution in [2.75, 3.05) is 21.3 Å². The molecule has 0 aliphatic heterocycles. The summed E-state index contributed by atoms with van der Waals surface area (Å²) in [6.07, 6.45) is 4.66. The number of aryl methyl sites for hydroxylation is 2. The molecule has 2 aromatic carbocycles. The van der Waals surface area contributed by atoms with E-state index in [1.165, 1.54) is 20.0 Å². The van der Waals surface area contributed by atoms with E-state index in [-0.39, 0.29) is 46.6 Å². The molecule has 0 spiro atoms. The Morgan fingerprint density at radius 3 is 1.58 bits per heavy atom. The zero-order valence-electron chi connectivity index (χ0n) is 26.7. The van der Waals surface area contributed by atoms with E-state index in [1.807, 2.05) is 32.0 Å². The van der Waals surface area contributed by atoms with Crippen molar-refractivity contribution in [2.45, 2.75) is 64.6 Å². The molecular weight excluding hydrogens is 587 g/mol. The molecule has 0 radical (unpaired) electrons. The predicted octanol–water partition coefficient (Wildman–Crippen LogP) is 3.13. The summed E-state index contributed by atoms with van der Waals surface area (Å²) in [5, 5.41) is 9.18. The number of ether oxygens (including phenoxy) is 3. The van der Waals surface area contributed by atoms with E-state index in [0.717, 1.165) is 69.5 Å². The number of rotatable bonds is 10. The fourth-order valence-corrected chi connectivity index (χ4v) is 5.16. The second-order valence-electron chi connectivity index (χ2n) is 11.2. The van der Waals surface area contributed by atoms with Crippen LogP contribution in [0.4, 0.5) is 0 Å². The molecule has 0 saturated heterocycles. The van der Waals surface area contributed by atoms with Gasteiger partial charge in [-0.3, -0.25) is 0 Å². The summed E-state index contributed by atoms with van der Waals surface area (Å²) in [6, 6.07) is 10.7. The molecular formula is C33H39N4NaO7. The van der Waals surface area contributed by atoms with Gasteiger partial charge < -0.3 is 34.8 Å². The third kappa shape index (κ3) is 8.49. The monoisotopic (exact) mass is 626 g/mol. The molecule has 2 aromatic heterocycles. The molecule has 234 valence electrons. The fourth-order valence-electron chi connectivity index (χ4n) is 5.16. The van der Waals surface area contributed by atoms with Gasteiger partial charge in [-0.2, -0.15) is 0 Å². The molecule has 4 aromatic rings. The van der Waals surface area contributed by atoms with Gasteiger partial charge in [-0.05, 0) is 74.9 Å². The Kier molecular flexibility index (Phi) is 12.7. The molecule has 0 amide bonds. The third-order valence-corrected chi connectivity index (χ3v) is 7.75. The number of hydrogen-bond donors (Lipinski definition) is 3. The number of H-pyrrole nitrogens is 2. The summed E-state index contributed by atoms with van der Waals surface area (Å²) in [5.74, 6) is 1.40. The Morgan fingerprint density at radius 1 is 0.778 bits per heavy atom. The van der Waals surface area contributed by atoms with Gasteiger partial charge in [-0.25, -0.2) is 19.6 Å². The number of benzene rings is 2. The molecule has 45 heavy (non-hydrogen) atoms. The van der Waals surface area contributed by atoms with Crippen LogP contribution >= 0.6 is 0 Å². The van der Waals surface area contributed by atoms with Crippen LogP contribution in [-0.2, 0) is 27.4 Å². The number of esters is 1. The van der Waals surface area contributed by atoms with Crippen molar-refractivity contribution in [3.05, 3.63) is 81.7 Å². The molecule has 2 heterocycles. The van der Waals surface area contributed by atoms with Crippen molar-refractivity contribution in [3.63, 3.8) is 0 Å². The second kappa shape index (κ2) is 15.8. The number of carbonyl (C=O) groups excluding carboxylic acids is 1. The van der Waals surface area contributed by atoms with Crippen LogP contribution in [-0.4, -0.2) is 63.8 Å². The van der Waals surface area contributed by atoms with Gasteiger partial charge in [-0.1, -0.05) is 12.1 Å². The minimum atomic E-state index is -0.920. The minimum Gasteiger partial charge on any atom is -0.870 e. The van der Waals surface area contributed by atoms with E-state index in [0.29, 0.717) is 30.6 Å². The third-order valence-electron chi connectivity index (χ3n) is 7.75. The van der Waals surface area contributed by atoms with Gasteiger partial charge in [0.15, 0.2) is 0 Å². The maximum Gasteiger partial charge on any atom is 1.00 e. The van der Waals surface area contributed by atoms with Crippen molar-refractivity contribution in [2.24, 2.45) is 0 Å². The van der Waals surface area contributed by atoms with Crippen LogP contribution in [0.5, 0.6) is 0 Å². The van der Waals surface area contributed by atoms with E-state index in [2.05, 4.69) is 19.9 Å². The van der Waals surface area contributed by atoms with Crippen molar-refractivity contribution >= 4 is 11.9 Å². The number of carboxylic acids is 1. The van der Waals surface area contributed by atoms with Crippen molar-refractivity contribution < 1.29 is 63.9 Å². The van der Waals surface area contributed by atoms with Crippen LogP contribution < -0.4 is 29.6 Å². The number of hydrogen-bond acceptors (Lipinski definition) is 8. The van der Waals surface area contributed by atoms with E-state index in [1.54, 1.807) is 32.4 Å². The summed E-state index contributed by atoms with van der Waals surface area (Å²) < 4.78 is 15.1. The Hall–Kier alpha value is -3.32. The van der Waals surface area contributed by atoms with Gasteiger partial charge in [0.1, 0.15) is 24.9 Å².